The van der Waals surface area contributed by atoms with Crippen molar-refractivity contribution in [2.45, 2.75) is 38.7 Å². The molecule has 1 saturated heterocycles. The molecule has 0 aromatic heterocycles. The van der Waals surface area contributed by atoms with Gasteiger partial charge in [0.05, 0.1) is 6.61 Å². The number of fused-ring (bicyclic) bond motifs is 2. The molecular formula is C15H18O4. The van der Waals surface area contributed by atoms with Gasteiger partial charge < -0.3 is 9.84 Å². The zero-order valence-corrected chi connectivity index (χ0v) is 11.1. The van der Waals surface area contributed by atoms with Crippen molar-refractivity contribution >= 4 is 11.8 Å². The van der Waals surface area contributed by atoms with Crippen LogP contribution in [0.15, 0.2) is 23.3 Å². The lowest BCUT2D eigenvalue weighted by molar-refractivity contribution is -0.141. The summed E-state index contributed by atoms with van der Waals surface area (Å²) in [6.07, 6.45) is 2.49. The maximum atomic E-state index is 11.9. The number of ether oxygens (including phenoxy) is 1. The van der Waals surface area contributed by atoms with Crippen LogP contribution in [0.3, 0.4) is 0 Å². The third-order valence-corrected chi connectivity index (χ3v) is 4.98. The summed E-state index contributed by atoms with van der Waals surface area (Å²) in [4.78, 5) is 23.5. The molecule has 102 valence electrons. The Hall–Kier alpha value is -1.42. The monoisotopic (exact) mass is 262 g/mol. The van der Waals surface area contributed by atoms with Crippen LogP contribution in [-0.2, 0) is 14.3 Å². The average Bonchev–Trinajstić information content (AvgIpc) is 2.63. The van der Waals surface area contributed by atoms with Crippen LogP contribution in [0.25, 0.3) is 0 Å². The fourth-order valence-electron chi connectivity index (χ4n) is 3.78. The molecule has 2 aliphatic carbocycles. The smallest absolute Gasteiger partial charge is 0.334 e. The van der Waals surface area contributed by atoms with Gasteiger partial charge in [-0.05, 0) is 24.7 Å². The molecule has 4 heteroatoms. The molecule has 1 saturated carbocycles. The van der Waals surface area contributed by atoms with E-state index in [2.05, 4.69) is 13.5 Å². The van der Waals surface area contributed by atoms with Gasteiger partial charge in [-0.25, -0.2) is 4.79 Å². The van der Waals surface area contributed by atoms with E-state index in [1.54, 1.807) is 0 Å². The summed E-state index contributed by atoms with van der Waals surface area (Å²) in [5.74, 6) is -0.290. The van der Waals surface area contributed by atoms with Crippen molar-refractivity contribution in [3.8, 4) is 0 Å². The largest absolute Gasteiger partial charge is 0.458 e. The minimum atomic E-state index is -0.310. The zero-order chi connectivity index (χ0) is 13.8. The van der Waals surface area contributed by atoms with Crippen LogP contribution in [0.1, 0.15) is 32.6 Å². The third-order valence-electron chi connectivity index (χ3n) is 4.98. The first kappa shape index (κ1) is 12.6. The number of allylic oxidation sites excluding steroid dienone is 1. The molecular weight excluding hydrogens is 244 g/mol. The minimum Gasteiger partial charge on any atom is -0.458 e. The molecule has 1 aliphatic heterocycles. The van der Waals surface area contributed by atoms with E-state index in [4.69, 9.17) is 4.74 Å². The highest BCUT2D eigenvalue weighted by Gasteiger charge is 2.51. The number of aliphatic hydroxyl groups is 1. The van der Waals surface area contributed by atoms with Crippen molar-refractivity contribution < 1.29 is 19.4 Å². The summed E-state index contributed by atoms with van der Waals surface area (Å²) in [6, 6.07) is 0. The maximum Gasteiger partial charge on any atom is 0.334 e. The molecule has 3 unspecified atom stereocenters. The van der Waals surface area contributed by atoms with Crippen molar-refractivity contribution in [2.24, 2.45) is 11.3 Å². The number of carbonyl (C=O) groups is 2. The fraction of sp³-hybridized carbons (Fsp3) is 0.600. The number of esters is 1. The third kappa shape index (κ3) is 1.70. The molecule has 0 amide bonds. The predicted octanol–water partition coefficient (Wildman–Crippen LogP) is 1.54. The lowest BCUT2D eigenvalue weighted by Crippen LogP contribution is -2.40. The van der Waals surface area contributed by atoms with Gasteiger partial charge in [0.15, 0.2) is 5.78 Å². The summed E-state index contributed by atoms with van der Waals surface area (Å²) in [5, 5.41) is 9.47. The summed E-state index contributed by atoms with van der Waals surface area (Å²) >= 11 is 0. The summed E-state index contributed by atoms with van der Waals surface area (Å²) in [5.41, 5.74) is 1.96. The van der Waals surface area contributed by atoms with Crippen molar-refractivity contribution in [1.82, 2.24) is 0 Å². The number of aliphatic hydroxyl groups excluding tert-OH is 1. The van der Waals surface area contributed by atoms with Crippen molar-refractivity contribution in [3.05, 3.63) is 23.3 Å². The molecule has 0 aromatic rings. The highest BCUT2D eigenvalue weighted by Crippen LogP contribution is 2.54. The van der Waals surface area contributed by atoms with Gasteiger partial charge in [-0.2, -0.15) is 0 Å². The van der Waals surface area contributed by atoms with E-state index in [-0.39, 0.29) is 35.8 Å². The van der Waals surface area contributed by atoms with E-state index in [1.165, 1.54) is 0 Å². The standard InChI is InChI=1S/C15H18O4/c1-8-9-5-11-10(7-16)12(17)3-4-15(11,2)6-13(9)19-14(8)18/h9,13,16H,1,3-7H2,2H3. The Morgan fingerprint density at radius 2 is 2.21 bits per heavy atom. The Balaban J connectivity index is 2.04. The molecule has 3 aliphatic rings. The van der Waals surface area contributed by atoms with Gasteiger partial charge >= 0.3 is 5.97 Å². The first-order valence-electron chi connectivity index (χ1n) is 6.72. The van der Waals surface area contributed by atoms with E-state index < -0.39 is 0 Å². The Morgan fingerprint density at radius 3 is 2.89 bits per heavy atom. The second-order valence-corrected chi connectivity index (χ2v) is 6.08. The molecule has 0 aromatic carbocycles. The van der Waals surface area contributed by atoms with E-state index in [0.29, 0.717) is 24.0 Å². The lowest BCUT2D eigenvalue weighted by Gasteiger charge is -2.44. The SMILES string of the molecule is C=C1C(=O)OC2CC3(C)CCC(=O)C(CO)=C3CC12. The van der Waals surface area contributed by atoms with Gasteiger partial charge in [0.2, 0.25) is 0 Å². The quantitative estimate of drug-likeness (QED) is 0.575. The van der Waals surface area contributed by atoms with Crippen LogP contribution in [-0.4, -0.2) is 29.6 Å². The second-order valence-electron chi connectivity index (χ2n) is 6.08. The highest BCUT2D eigenvalue weighted by molar-refractivity contribution is 5.98. The lowest BCUT2D eigenvalue weighted by atomic mass is 9.60. The van der Waals surface area contributed by atoms with Gasteiger partial charge in [-0.15, -0.1) is 0 Å². The summed E-state index contributed by atoms with van der Waals surface area (Å²) < 4.78 is 5.38. The Labute approximate surface area is 112 Å². The van der Waals surface area contributed by atoms with E-state index >= 15 is 0 Å². The predicted molar refractivity (Wildman–Crippen MR) is 68.2 cm³/mol. The van der Waals surface area contributed by atoms with Crippen LogP contribution in [0.5, 0.6) is 0 Å². The maximum absolute atomic E-state index is 11.9. The molecule has 3 atom stereocenters. The molecule has 4 nitrogen and oxygen atoms in total. The molecule has 0 bridgehead atoms. The van der Waals surface area contributed by atoms with Crippen molar-refractivity contribution in [1.29, 1.82) is 0 Å². The zero-order valence-electron chi connectivity index (χ0n) is 11.1. The van der Waals surface area contributed by atoms with Gasteiger partial charge in [0.1, 0.15) is 6.10 Å². The number of hydrogen-bond donors (Lipinski definition) is 1. The van der Waals surface area contributed by atoms with Crippen LogP contribution in [0.4, 0.5) is 0 Å². The number of ketones is 1. The molecule has 0 spiro atoms. The van der Waals surface area contributed by atoms with E-state index in [9.17, 15) is 14.7 Å². The van der Waals surface area contributed by atoms with Crippen LogP contribution < -0.4 is 0 Å². The molecule has 2 fully saturated rings. The average molecular weight is 262 g/mol. The van der Waals surface area contributed by atoms with E-state index in [1.807, 2.05) is 0 Å². The van der Waals surface area contributed by atoms with Gasteiger partial charge in [-0.3, -0.25) is 4.79 Å². The number of hydrogen-bond acceptors (Lipinski definition) is 4. The van der Waals surface area contributed by atoms with E-state index in [0.717, 1.165) is 18.4 Å². The highest BCUT2D eigenvalue weighted by atomic mass is 16.6. The topological polar surface area (TPSA) is 63.6 Å². The van der Waals surface area contributed by atoms with Gasteiger partial charge in [0, 0.05) is 23.5 Å². The van der Waals surface area contributed by atoms with Crippen molar-refractivity contribution in [2.75, 3.05) is 6.61 Å². The van der Waals surface area contributed by atoms with Gasteiger partial charge in [0.25, 0.3) is 0 Å². The molecule has 1 N–H and O–H groups in total. The number of carbonyl (C=O) groups excluding carboxylic acids is 2. The normalized spacial score (nSPS) is 38.1. The van der Waals surface area contributed by atoms with Crippen LogP contribution >= 0.6 is 0 Å². The van der Waals surface area contributed by atoms with Crippen molar-refractivity contribution in [3.63, 3.8) is 0 Å². The Morgan fingerprint density at radius 1 is 1.47 bits per heavy atom. The molecule has 1 heterocycles. The Bertz CT molecular complexity index is 516. The molecule has 3 rings (SSSR count). The second kappa shape index (κ2) is 4.04. The summed E-state index contributed by atoms with van der Waals surface area (Å²) in [6.45, 7) is 5.71. The van der Waals surface area contributed by atoms with Crippen LogP contribution in [0, 0.1) is 11.3 Å². The fourth-order valence-corrected chi connectivity index (χ4v) is 3.78. The minimum absolute atomic E-state index is 0.0250. The number of rotatable bonds is 1. The van der Waals surface area contributed by atoms with Gasteiger partial charge in [-0.1, -0.05) is 19.1 Å². The molecule has 19 heavy (non-hydrogen) atoms. The summed E-state index contributed by atoms with van der Waals surface area (Å²) in [7, 11) is 0. The number of Topliss-reactive ketones (excluding diaryl/α,β-unsaturated/α-hetero) is 1. The van der Waals surface area contributed by atoms with Crippen LogP contribution in [0.2, 0.25) is 0 Å². The molecule has 0 radical (unpaired) electrons. The first-order chi connectivity index (χ1) is 8.96. The Kier molecular flexibility index (Phi) is 2.68. The first-order valence-corrected chi connectivity index (χ1v) is 6.72.